The molecule has 1 atom stereocenters. The van der Waals surface area contributed by atoms with Crippen LogP contribution >= 0.6 is 0 Å². The van der Waals surface area contributed by atoms with Crippen molar-refractivity contribution in [2.24, 2.45) is 0 Å². The first-order valence-corrected chi connectivity index (χ1v) is 10.2. The summed E-state index contributed by atoms with van der Waals surface area (Å²) in [6.45, 7) is 1.22. The van der Waals surface area contributed by atoms with E-state index in [2.05, 4.69) is 0 Å². The van der Waals surface area contributed by atoms with Crippen molar-refractivity contribution in [1.29, 1.82) is 0 Å². The minimum atomic E-state index is -1.40. The van der Waals surface area contributed by atoms with Crippen LogP contribution < -0.4 is 0 Å². The van der Waals surface area contributed by atoms with Crippen molar-refractivity contribution in [3.8, 4) is 5.69 Å². The minimum Gasteiger partial charge on any atom is -0.480 e. The lowest BCUT2D eigenvalue weighted by atomic mass is 10.1. The van der Waals surface area contributed by atoms with E-state index >= 15 is 0 Å². The second-order valence-corrected chi connectivity index (χ2v) is 7.95. The van der Waals surface area contributed by atoms with Crippen LogP contribution in [0.4, 0.5) is 11.4 Å². The molecule has 0 aliphatic carbocycles. The van der Waals surface area contributed by atoms with E-state index in [-0.39, 0.29) is 28.2 Å². The number of nitro benzene ring substituents is 2. The molecular formula is C23H14N4O8. The van der Waals surface area contributed by atoms with Gasteiger partial charge in [-0.3, -0.25) is 34.7 Å². The second kappa shape index (κ2) is 7.45. The molecule has 2 amide bonds. The molecule has 1 aromatic heterocycles. The zero-order valence-electron chi connectivity index (χ0n) is 17.9. The molecule has 35 heavy (non-hydrogen) atoms. The van der Waals surface area contributed by atoms with E-state index in [0.717, 1.165) is 0 Å². The van der Waals surface area contributed by atoms with Crippen LogP contribution in [-0.4, -0.2) is 48.2 Å². The molecule has 5 rings (SSSR count). The standard InChI is InChI=1S/C23H14N4O8/c1-11(23(30)31)24-21(28)14-3-2-4-19(20(14)22(24)29)25-17-7-5-12(26(32)33)9-15(17)16-10-13(27(34)35)6-8-18(16)25/h2-11H,1H3,(H,30,31). The Balaban J connectivity index is 1.85. The number of hydrogen-bond donors (Lipinski definition) is 1. The number of nitrogens with zero attached hydrogens (tertiary/aromatic N) is 4. The summed E-state index contributed by atoms with van der Waals surface area (Å²) in [6.07, 6.45) is 0. The molecule has 1 aliphatic rings. The number of hydrogen-bond acceptors (Lipinski definition) is 7. The lowest BCUT2D eigenvalue weighted by molar-refractivity contribution is -0.385. The highest BCUT2D eigenvalue weighted by atomic mass is 16.6. The van der Waals surface area contributed by atoms with Crippen molar-refractivity contribution in [3.63, 3.8) is 0 Å². The number of benzene rings is 3. The van der Waals surface area contributed by atoms with Crippen LogP contribution in [0.5, 0.6) is 0 Å². The zero-order valence-corrected chi connectivity index (χ0v) is 17.9. The molecule has 0 spiro atoms. The molecule has 12 heteroatoms. The second-order valence-electron chi connectivity index (χ2n) is 7.95. The highest BCUT2D eigenvalue weighted by Gasteiger charge is 2.43. The summed E-state index contributed by atoms with van der Waals surface area (Å²) in [5.74, 6) is -2.90. The number of carbonyl (C=O) groups excluding carboxylic acids is 2. The Morgan fingerprint density at radius 3 is 1.91 bits per heavy atom. The molecule has 1 aliphatic heterocycles. The molecule has 0 bridgehead atoms. The molecule has 0 saturated heterocycles. The monoisotopic (exact) mass is 474 g/mol. The van der Waals surface area contributed by atoms with Crippen molar-refractivity contribution in [3.05, 3.63) is 86.0 Å². The van der Waals surface area contributed by atoms with E-state index in [1.54, 1.807) is 10.6 Å². The van der Waals surface area contributed by atoms with Crippen LogP contribution in [0.2, 0.25) is 0 Å². The number of aliphatic carboxylic acids is 1. The largest absolute Gasteiger partial charge is 0.480 e. The van der Waals surface area contributed by atoms with Gasteiger partial charge in [-0.2, -0.15) is 0 Å². The van der Waals surface area contributed by atoms with Gasteiger partial charge in [-0.1, -0.05) is 6.07 Å². The Morgan fingerprint density at radius 2 is 1.43 bits per heavy atom. The highest BCUT2D eigenvalue weighted by molar-refractivity contribution is 6.24. The van der Waals surface area contributed by atoms with Gasteiger partial charge in [-0.25, -0.2) is 4.79 Å². The van der Waals surface area contributed by atoms with E-state index < -0.39 is 33.7 Å². The van der Waals surface area contributed by atoms with Crippen LogP contribution in [0.1, 0.15) is 27.6 Å². The summed E-state index contributed by atoms with van der Waals surface area (Å²) in [4.78, 5) is 59.9. The lowest BCUT2D eigenvalue weighted by Crippen LogP contribution is -2.42. The third-order valence-electron chi connectivity index (χ3n) is 6.06. The number of carboxylic acid groups (broad SMARTS) is 1. The summed E-state index contributed by atoms with van der Waals surface area (Å²) in [5.41, 5.74) is 0.584. The number of rotatable bonds is 5. The van der Waals surface area contributed by atoms with Gasteiger partial charge in [0.1, 0.15) is 6.04 Å². The average Bonchev–Trinajstić information content (AvgIpc) is 3.29. The maximum absolute atomic E-state index is 13.3. The summed E-state index contributed by atoms with van der Waals surface area (Å²) in [6, 6.07) is 11.1. The highest BCUT2D eigenvalue weighted by Crippen LogP contribution is 2.39. The number of carbonyl (C=O) groups is 3. The van der Waals surface area contributed by atoms with E-state index in [4.69, 9.17) is 0 Å². The van der Waals surface area contributed by atoms with Gasteiger partial charge < -0.3 is 9.67 Å². The van der Waals surface area contributed by atoms with Crippen molar-refractivity contribution >= 4 is 51.0 Å². The van der Waals surface area contributed by atoms with E-state index in [1.165, 1.54) is 55.5 Å². The first kappa shape index (κ1) is 21.7. The van der Waals surface area contributed by atoms with Gasteiger partial charge in [-0.15, -0.1) is 0 Å². The van der Waals surface area contributed by atoms with Crippen molar-refractivity contribution in [1.82, 2.24) is 9.47 Å². The number of imide groups is 1. The summed E-state index contributed by atoms with van der Waals surface area (Å²) in [5, 5.41) is 32.8. The molecule has 4 aromatic rings. The van der Waals surface area contributed by atoms with Gasteiger partial charge in [0, 0.05) is 35.0 Å². The van der Waals surface area contributed by atoms with Gasteiger partial charge in [0.15, 0.2) is 0 Å². The number of carboxylic acids is 1. The summed E-state index contributed by atoms with van der Waals surface area (Å²) in [7, 11) is 0. The van der Waals surface area contributed by atoms with Crippen LogP contribution in [0, 0.1) is 20.2 Å². The Morgan fingerprint density at radius 1 is 0.886 bits per heavy atom. The first-order valence-electron chi connectivity index (χ1n) is 10.2. The third-order valence-corrected chi connectivity index (χ3v) is 6.06. The Hall–Kier alpha value is -5.13. The molecule has 1 unspecified atom stereocenters. The summed E-state index contributed by atoms with van der Waals surface area (Å²) < 4.78 is 1.58. The number of non-ortho nitro benzene ring substituents is 2. The predicted octanol–water partition coefficient (Wildman–Crippen LogP) is 3.67. The minimum absolute atomic E-state index is 0.0134. The van der Waals surface area contributed by atoms with Gasteiger partial charge in [-0.05, 0) is 31.2 Å². The molecule has 12 nitrogen and oxygen atoms in total. The van der Waals surface area contributed by atoms with E-state index in [0.29, 0.717) is 26.7 Å². The average molecular weight is 474 g/mol. The predicted molar refractivity (Wildman–Crippen MR) is 122 cm³/mol. The van der Waals surface area contributed by atoms with Crippen LogP contribution in [0.3, 0.4) is 0 Å². The molecular weight excluding hydrogens is 460 g/mol. The molecule has 0 saturated carbocycles. The summed E-state index contributed by atoms with van der Waals surface area (Å²) >= 11 is 0. The normalized spacial score (nSPS) is 13.9. The smallest absolute Gasteiger partial charge is 0.326 e. The number of amides is 2. The van der Waals surface area contributed by atoms with Crippen LogP contribution in [0.25, 0.3) is 27.5 Å². The van der Waals surface area contributed by atoms with E-state index in [1.807, 2.05) is 0 Å². The van der Waals surface area contributed by atoms with Gasteiger partial charge >= 0.3 is 5.97 Å². The third kappa shape index (κ3) is 3.04. The van der Waals surface area contributed by atoms with Crippen molar-refractivity contribution in [2.75, 3.05) is 0 Å². The molecule has 174 valence electrons. The van der Waals surface area contributed by atoms with Crippen molar-refractivity contribution in [2.45, 2.75) is 13.0 Å². The Bertz CT molecular complexity index is 1580. The SMILES string of the molecule is CC(C(=O)O)N1C(=O)c2cccc(-n3c4ccc([N+](=O)[O-])cc4c4cc([N+](=O)[O-])ccc43)c2C1=O. The first-order chi connectivity index (χ1) is 16.6. The fraction of sp³-hybridized carbons (Fsp3) is 0.0870. The van der Waals surface area contributed by atoms with Gasteiger partial charge in [0.05, 0.1) is 37.7 Å². The maximum atomic E-state index is 13.3. The van der Waals surface area contributed by atoms with Crippen molar-refractivity contribution < 1.29 is 29.3 Å². The fourth-order valence-corrected chi connectivity index (χ4v) is 4.42. The van der Waals surface area contributed by atoms with Crippen LogP contribution in [0.15, 0.2) is 54.6 Å². The molecule has 0 fully saturated rings. The van der Waals surface area contributed by atoms with Gasteiger partial charge in [0.2, 0.25) is 0 Å². The topological polar surface area (TPSA) is 166 Å². The maximum Gasteiger partial charge on any atom is 0.326 e. The molecule has 1 N–H and O–H groups in total. The molecule has 3 aromatic carbocycles. The number of nitro groups is 2. The van der Waals surface area contributed by atoms with Crippen LogP contribution in [-0.2, 0) is 4.79 Å². The zero-order chi connectivity index (χ0) is 25.2. The molecule has 2 heterocycles. The fourth-order valence-electron chi connectivity index (χ4n) is 4.42. The van der Waals surface area contributed by atoms with Gasteiger partial charge in [0.25, 0.3) is 23.2 Å². The Kier molecular flexibility index (Phi) is 4.62. The quantitative estimate of drug-likeness (QED) is 0.260. The number of fused-ring (bicyclic) bond motifs is 4. The number of aromatic nitrogens is 1. The lowest BCUT2D eigenvalue weighted by Gasteiger charge is -2.18. The van der Waals surface area contributed by atoms with E-state index in [9.17, 15) is 39.7 Å². The molecule has 0 radical (unpaired) electrons. The Labute approximate surface area is 194 Å².